The molecular weight excluding hydrogens is 698 g/mol. The Balaban J connectivity index is 1.87. The lowest BCUT2D eigenvalue weighted by Crippen LogP contribution is -2.39. The molecule has 0 radical (unpaired) electrons. The molecule has 1 aliphatic rings. The molecule has 0 N–H and O–H groups in total. The van der Waals surface area contributed by atoms with Crippen LogP contribution in [0.15, 0.2) is 50.7 Å². The monoisotopic (exact) mass is 716 g/mol. The van der Waals surface area contributed by atoms with Gasteiger partial charge in [0.2, 0.25) is 0 Å². The minimum Gasteiger partial charge on any atom is -0.479 e. The van der Waals surface area contributed by atoms with Crippen LogP contribution in [0.5, 0.6) is 5.75 Å². The molecule has 0 unspecified atom stereocenters. The average molecular weight is 716 g/mol. The maximum absolute atomic E-state index is 13.6. The number of hydrogen-bond acceptors (Lipinski definition) is 7. The number of halogens is 2. The second kappa shape index (κ2) is 10.8. The molecule has 6 nitrogen and oxygen atoms in total. The minimum absolute atomic E-state index is 0.189. The number of rotatable bonds is 6. The highest BCUT2D eigenvalue weighted by molar-refractivity contribution is 14.1. The van der Waals surface area contributed by atoms with Crippen LogP contribution in [-0.4, -0.2) is 23.8 Å². The summed E-state index contributed by atoms with van der Waals surface area (Å²) in [6, 6.07) is 7.14. The van der Waals surface area contributed by atoms with Gasteiger partial charge in [0.15, 0.2) is 4.80 Å². The molecule has 0 fully saturated rings. The number of ether oxygens (including phenoxy) is 2. The predicted molar refractivity (Wildman–Crippen MR) is 151 cm³/mol. The van der Waals surface area contributed by atoms with Gasteiger partial charge in [0.05, 0.1) is 29.5 Å². The van der Waals surface area contributed by atoms with Crippen molar-refractivity contribution < 1.29 is 14.3 Å². The molecule has 1 aromatic carbocycles. The van der Waals surface area contributed by atoms with Crippen LogP contribution < -0.4 is 19.6 Å². The maximum Gasteiger partial charge on any atom is 0.338 e. The lowest BCUT2D eigenvalue weighted by molar-refractivity contribution is -0.139. The van der Waals surface area contributed by atoms with Crippen molar-refractivity contribution in [2.45, 2.75) is 19.9 Å². The fourth-order valence-corrected chi connectivity index (χ4v) is 7.57. The van der Waals surface area contributed by atoms with Crippen molar-refractivity contribution in [3.8, 4) is 18.1 Å². The zero-order valence-corrected chi connectivity index (χ0v) is 24.1. The van der Waals surface area contributed by atoms with Gasteiger partial charge >= 0.3 is 5.97 Å². The third kappa shape index (κ3) is 4.89. The Kier molecular flexibility index (Phi) is 7.96. The van der Waals surface area contributed by atoms with E-state index < -0.39 is 12.0 Å². The van der Waals surface area contributed by atoms with Gasteiger partial charge in [-0.15, -0.1) is 17.8 Å². The highest BCUT2D eigenvalue weighted by Crippen LogP contribution is 2.33. The van der Waals surface area contributed by atoms with E-state index in [1.807, 2.05) is 35.7 Å². The molecule has 0 aliphatic carbocycles. The van der Waals surface area contributed by atoms with Crippen molar-refractivity contribution in [2.75, 3.05) is 13.2 Å². The van der Waals surface area contributed by atoms with Gasteiger partial charge in [-0.3, -0.25) is 9.36 Å². The molecule has 1 aliphatic heterocycles. The van der Waals surface area contributed by atoms with Crippen LogP contribution >= 0.6 is 67.9 Å². The first kappa shape index (κ1) is 25.2. The van der Waals surface area contributed by atoms with Gasteiger partial charge in [0, 0.05) is 4.88 Å². The van der Waals surface area contributed by atoms with Crippen molar-refractivity contribution in [2.24, 2.45) is 4.99 Å². The predicted octanol–water partition coefficient (Wildman–Crippen LogP) is 4.08. The Morgan fingerprint density at radius 3 is 2.71 bits per heavy atom. The van der Waals surface area contributed by atoms with E-state index in [1.165, 1.54) is 22.7 Å². The molecule has 34 heavy (non-hydrogen) atoms. The molecule has 0 bridgehead atoms. The van der Waals surface area contributed by atoms with Crippen molar-refractivity contribution in [1.29, 1.82) is 0 Å². The third-order valence-corrected chi connectivity index (χ3v) is 8.46. The number of thiazole rings is 1. The number of thiophene rings is 1. The Bertz CT molecular complexity index is 1490. The molecule has 10 heteroatoms. The standard InChI is InChI=1S/C24H18I2N2O4S2/c1-4-8-32-21-15(25)10-14(11-16(21)26)12-18-22(29)28-20(17-7-6-9-33-17)19(23(30)31-5-2)13(3)27-24(28)34-18/h1,6-7,9-12,20H,5,8H2,2-3H3/b18-12-/t20-/m0/s1. The smallest absolute Gasteiger partial charge is 0.338 e. The second-order valence-corrected chi connectivity index (χ2v) is 11.4. The normalized spacial score (nSPS) is 15.5. The second-order valence-electron chi connectivity index (χ2n) is 7.12. The lowest BCUT2D eigenvalue weighted by Gasteiger charge is -2.23. The molecule has 174 valence electrons. The van der Waals surface area contributed by atoms with Crippen molar-refractivity contribution in [3.63, 3.8) is 0 Å². The quantitative estimate of drug-likeness (QED) is 0.219. The largest absolute Gasteiger partial charge is 0.479 e. The van der Waals surface area contributed by atoms with Gasteiger partial charge in [-0.25, -0.2) is 9.79 Å². The molecule has 0 amide bonds. The first-order valence-electron chi connectivity index (χ1n) is 10.1. The van der Waals surface area contributed by atoms with Crippen LogP contribution in [0, 0.1) is 19.5 Å². The number of carbonyl (C=O) groups excluding carboxylic acids is 1. The number of allylic oxidation sites excluding steroid dienone is 1. The number of aromatic nitrogens is 1. The summed E-state index contributed by atoms with van der Waals surface area (Å²) in [6.07, 6.45) is 7.15. The van der Waals surface area contributed by atoms with Crippen LogP contribution in [0.4, 0.5) is 0 Å². The zero-order valence-electron chi connectivity index (χ0n) is 18.1. The molecule has 3 heterocycles. The van der Waals surface area contributed by atoms with E-state index in [2.05, 4.69) is 56.1 Å². The molecule has 2 aromatic heterocycles. The summed E-state index contributed by atoms with van der Waals surface area (Å²) in [6.45, 7) is 3.97. The summed E-state index contributed by atoms with van der Waals surface area (Å²) < 4.78 is 14.9. The fraction of sp³-hybridized carbons (Fsp3) is 0.208. The van der Waals surface area contributed by atoms with Crippen LogP contribution in [-0.2, 0) is 9.53 Å². The van der Waals surface area contributed by atoms with E-state index in [1.54, 1.807) is 18.4 Å². The van der Waals surface area contributed by atoms with E-state index in [0.29, 0.717) is 20.6 Å². The van der Waals surface area contributed by atoms with Crippen molar-refractivity contribution in [3.05, 3.63) is 78.2 Å². The van der Waals surface area contributed by atoms with E-state index in [0.717, 1.165) is 23.3 Å². The summed E-state index contributed by atoms with van der Waals surface area (Å²) in [7, 11) is 0. The molecule has 0 saturated heterocycles. The van der Waals surface area contributed by atoms with Gasteiger partial charge in [-0.2, -0.15) is 0 Å². The summed E-state index contributed by atoms with van der Waals surface area (Å²) in [5.41, 5.74) is 1.61. The highest BCUT2D eigenvalue weighted by atomic mass is 127. The number of terminal acetylenes is 1. The summed E-state index contributed by atoms with van der Waals surface area (Å²) >= 11 is 7.18. The van der Waals surface area contributed by atoms with Crippen molar-refractivity contribution >= 4 is 79.9 Å². The SMILES string of the molecule is C#CCOc1c(I)cc(/C=c2\sc3n(c2=O)[C@@H](c2cccs2)C(C(=O)OCC)=C(C)N=3)cc1I. The van der Waals surface area contributed by atoms with Crippen molar-refractivity contribution in [1.82, 2.24) is 4.57 Å². The number of fused-ring (bicyclic) bond motifs is 1. The number of nitrogens with zero attached hydrogens (tertiary/aromatic N) is 2. The maximum atomic E-state index is 13.6. The summed E-state index contributed by atoms with van der Waals surface area (Å²) in [4.78, 5) is 32.5. The Hall–Kier alpha value is -1.95. The summed E-state index contributed by atoms with van der Waals surface area (Å²) in [5.74, 6) is 2.74. The van der Waals surface area contributed by atoms with Gasteiger partial charge in [0.1, 0.15) is 18.4 Å². The van der Waals surface area contributed by atoms with Crippen LogP contribution in [0.25, 0.3) is 6.08 Å². The van der Waals surface area contributed by atoms with E-state index in [-0.39, 0.29) is 18.8 Å². The van der Waals surface area contributed by atoms with Gasteiger partial charge < -0.3 is 9.47 Å². The fourth-order valence-electron chi connectivity index (χ4n) is 3.57. The molecule has 0 saturated carbocycles. The first-order chi connectivity index (χ1) is 16.3. The van der Waals surface area contributed by atoms with Gasteiger partial charge in [0.25, 0.3) is 5.56 Å². The topological polar surface area (TPSA) is 69.9 Å². The Morgan fingerprint density at radius 2 is 2.09 bits per heavy atom. The summed E-state index contributed by atoms with van der Waals surface area (Å²) in [5, 5.41) is 1.93. The molecule has 4 rings (SSSR count). The molecule has 0 spiro atoms. The lowest BCUT2D eigenvalue weighted by atomic mass is 10.0. The third-order valence-electron chi connectivity index (χ3n) is 4.95. The van der Waals surface area contributed by atoms with Gasteiger partial charge in [-0.1, -0.05) is 23.3 Å². The highest BCUT2D eigenvalue weighted by Gasteiger charge is 2.33. The number of hydrogen-bond donors (Lipinski definition) is 0. The average Bonchev–Trinajstić information content (AvgIpc) is 3.41. The van der Waals surface area contributed by atoms with E-state index in [9.17, 15) is 9.59 Å². The number of esters is 1. The molecular formula is C24H18I2N2O4S2. The first-order valence-corrected chi connectivity index (χ1v) is 14.0. The Morgan fingerprint density at radius 1 is 1.35 bits per heavy atom. The van der Waals surface area contributed by atoms with Crippen LogP contribution in [0.2, 0.25) is 0 Å². The zero-order chi connectivity index (χ0) is 24.4. The molecule has 3 aromatic rings. The molecule has 1 atom stereocenters. The van der Waals surface area contributed by atoms with Crippen LogP contribution in [0.3, 0.4) is 0 Å². The Labute approximate surface area is 231 Å². The number of carbonyl (C=O) groups is 1. The number of benzene rings is 1. The van der Waals surface area contributed by atoms with Gasteiger partial charge in [-0.05, 0) is 94.2 Å². The van der Waals surface area contributed by atoms with E-state index >= 15 is 0 Å². The van der Waals surface area contributed by atoms with E-state index in [4.69, 9.17) is 15.9 Å². The minimum atomic E-state index is -0.572. The van der Waals surface area contributed by atoms with Crippen LogP contribution in [0.1, 0.15) is 30.3 Å².